The Bertz CT molecular complexity index is 953. The van der Waals surface area contributed by atoms with Gasteiger partial charge in [-0.15, -0.1) is 0 Å². The molecular formula is C13H9BrIN3O2S. The quantitative estimate of drug-likeness (QED) is 0.531. The normalized spacial score (nSPS) is 12.0. The van der Waals surface area contributed by atoms with E-state index in [1.807, 2.05) is 6.07 Å². The van der Waals surface area contributed by atoms with Crippen molar-refractivity contribution in [1.82, 2.24) is 13.9 Å². The second-order valence-electron chi connectivity index (χ2n) is 4.41. The Kier molecular flexibility index (Phi) is 3.78. The molecule has 0 spiro atoms. The van der Waals surface area contributed by atoms with Crippen molar-refractivity contribution >= 4 is 59.7 Å². The summed E-state index contributed by atoms with van der Waals surface area (Å²) in [5.74, 6) is 0. The van der Waals surface area contributed by atoms with Crippen LogP contribution in [0.1, 0.15) is 5.56 Å². The third kappa shape index (κ3) is 2.49. The van der Waals surface area contributed by atoms with Crippen molar-refractivity contribution in [1.29, 1.82) is 0 Å². The van der Waals surface area contributed by atoms with Crippen LogP contribution in [0, 0.1) is 10.5 Å². The van der Waals surface area contributed by atoms with Crippen LogP contribution in [0.4, 0.5) is 0 Å². The van der Waals surface area contributed by atoms with E-state index in [2.05, 4.69) is 48.5 Å². The molecule has 3 aromatic rings. The number of hydrogen-bond donors (Lipinski definition) is 0. The average molecular weight is 478 g/mol. The largest absolute Gasteiger partial charge is 0.269 e. The van der Waals surface area contributed by atoms with Gasteiger partial charge in [0.15, 0.2) is 5.65 Å². The van der Waals surface area contributed by atoms with Crippen LogP contribution in [0.5, 0.6) is 0 Å². The summed E-state index contributed by atoms with van der Waals surface area (Å²) in [6.07, 6.45) is 3.03. The van der Waals surface area contributed by atoms with Gasteiger partial charge in [0.1, 0.15) is 10.1 Å². The van der Waals surface area contributed by atoms with Gasteiger partial charge in [-0.3, -0.25) is 0 Å². The molecule has 0 unspecified atom stereocenters. The number of halogens is 2. The second-order valence-corrected chi connectivity index (χ2v) is 8.17. The molecule has 3 rings (SSSR count). The number of benzene rings is 1. The lowest BCUT2D eigenvalue weighted by atomic mass is 10.2. The van der Waals surface area contributed by atoms with E-state index in [9.17, 15) is 8.42 Å². The molecule has 0 saturated carbocycles. The highest BCUT2D eigenvalue weighted by Crippen LogP contribution is 2.26. The van der Waals surface area contributed by atoms with E-state index in [1.165, 1.54) is 10.2 Å². The predicted octanol–water partition coefficient (Wildman–Crippen LogP) is 3.34. The van der Waals surface area contributed by atoms with Crippen LogP contribution < -0.4 is 0 Å². The Labute approximate surface area is 143 Å². The van der Waals surface area contributed by atoms with E-state index in [4.69, 9.17) is 0 Å². The average Bonchev–Trinajstić information content (AvgIpc) is 2.77. The highest BCUT2D eigenvalue weighted by Gasteiger charge is 2.23. The molecule has 2 aromatic heterocycles. The molecule has 0 radical (unpaired) electrons. The molecule has 2 heterocycles. The highest BCUT2D eigenvalue weighted by atomic mass is 127. The van der Waals surface area contributed by atoms with Gasteiger partial charge in [0, 0.05) is 6.20 Å². The first-order chi connectivity index (χ1) is 9.91. The van der Waals surface area contributed by atoms with Crippen molar-refractivity contribution in [3.05, 3.63) is 50.4 Å². The third-order valence-electron chi connectivity index (χ3n) is 3.02. The van der Waals surface area contributed by atoms with Crippen LogP contribution in [0.25, 0.3) is 11.2 Å². The Morgan fingerprint density at radius 3 is 2.71 bits per heavy atom. The monoisotopic (exact) mass is 477 g/mol. The number of rotatable bonds is 2. The summed E-state index contributed by atoms with van der Waals surface area (Å²) in [7, 11) is -3.69. The minimum Gasteiger partial charge on any atom is -0.235 e. The number of aryl methyl sites for hydroxylation is 1. The van der Waals surface area contributed by atoms with Crippen molar-refractivity contribution < 1.29 is 8.42 Å². The zero-order valence-electron chi connectivity index (χ0n) is 10.8. The van der Waals surface area contributed by atoms with Gasteiger partial charge in [-0.1, -0.05) is 18.2 Å². The minimum atomic E-state index is -3.69. The molecule has 0 saturated heterocycles. The zero-order chi connectivity index (χ0) is 15.2. The van der Waals surface area contributed by atoms with Crippen molar-refractivity contribution in [2.24, 2.45) is 0 Å². The van der Waals surface area contributed by atoms with Crippen molar-refractivity contribution in [2.75, 3.05) is 0 Å². The maximum Gasteiger partial charge on any atom is 0.269 e. The molecule has 1 aromatic carbocycles. The Hall–Kier alpha value is -1.00. The van der Waals surface area contributed by atoms with E-state index >= 15 is 0 Å². The van der Waals surface area contributed by atoms with Crippen molar-refractivity contribution in [3.8, 4) is 0 Å². The molecule has 0 aliphatic carbocycles. The van der Waals surface area contributed by atoms with Gasteiger partial charge < -0.3 is 0 Å². The fraction of sp³-hybridized carbons (Fsp3) is 0.0769. The van der Waals surface area contributed by atoms with Gasteiger partial charge in [0.2, 0.25) is 0 Å². The summed E-state index contributed by atoms with van der Waals surface area (Å²) in [6, 6.07) is 6.88. The summed E-state index contributed by atoms with van der Waals surface area (Å²) in [5.41, 5.74) is 1.58. The molecule has 0 atom stereocenters. The molecule has 0 aliphatic heterocycles. The summed E-state index contributed by atoms with van der Waals surface area (Å²) in [6.45, 7) is 1.77. The SMILES string of the molecule is Cc1ccccc1S(=O)(=O)n1cc(I)c2nc(Br)cnc21. The number of hydrogen-bond acceptors (Lipinski definition) is 4. The molecule has 8 heteroatoms. The van der Waals surface area contributed by atoms with Crippen LogP contribution in [-0.4, -0.2) is 22.4 Å². The highest BCUT2D eigenvalue weighted by molar-refractivity contribution is 14.1. The molecule has 21 heavy (non-hydrogen) atoms. The standard InChI is InChI=1S/C13H9BrIN3O2S/c1-8-4-2-3-5-10(8)21(19,20)18-7-9(15)12-13(18)16-6-11(14)17-12/h2-7H,1H3. The maximum absolute atomic E-state index is 12.8. The van der Waals surface area contributed by atoms with E-state index in [0.717, 1.165) is 3.57 Å². The maximum atomic E-state index is 12.8. The smallest absolute Gasteiger partial charge is 0.235 e. The van der Waals surface area contributed by atoms with Gasteiger partial charge in [0.05, 0.1) is 14.7 Å². The number of aromatic nitrogens is 3. The lowest BCUT2D eigenvalue weighted by Crippen LogP contribution is -2.13. The Morgan fingerprint density at radius 2 is 2.00 bits per heavy atom. The summed E-state index contributed by atoms with van der Waals surface area (Å²) in [5, 5.41) is 0. The van der Waals surface area contributed by atoms with Gasteiger partial charge in [0.25, 0.3) is 10.0 Å². The topological polar surface area (TPSA) is 64.8 Å². The summed E-state index contributed by atoms with van der Waals surface area (Å²) < 4.78 is 28.2. The van der Waals surface area contributed by atoms with Crippen LogP contribution >= 0.6 is 38.5 Å². The first-order valence-electron chi connectivity index (χ1n) is 5.91. The van der Waals surface area contributed by atoms with Gasteiger partial charge in [-0.2, -0.15) is 0 Å². The molecule has 5 nitrogen and oxygen atoms in total. The van der Waals surface area contributed by atoms with E-state index in [-0.39, 0.29) is 4.90 Å². The Morgan fingerprint density at radius 1 is 1.29 bits per heavy atom. The predicted molar refractivity (Wildman–Crippen MR) is 91.7 cm³/mol. The summed E-state index contributed by atoms with van der Waals surface area (Å²) >= 11 is 5.30. The molecule has 0 N–H and O–H groups in total. The lowest BCUT2D eigenvalue weighted by molar-refractivity contribution is 0.588. The number of fused-ring (bicyclic) bond motifs is 1. The first-order valence-corrected chi connectivity index (χ1v) is 9.23. The van der Waals surface area contributed by atoms with Crippen LogP contribution in [0.3, 0.4) is 0 Å². The molecular weight excluding hydrogens is 469 g/mol. The van der Waals surface area contributed by atoms with Gasteiger partial charge >= 0.3 is 0 Å². The fourth-order valence-electron chi connectivity index (χ4n) is 2.04. The van der Waals surface area contributed by atoms with Crippen molar-refractivity contribution in [3.63, 3.8) is 0 Å². The molecule has 0 aliphatic rings. The van der Waals surface area contributed by atoms with Gasteiger partial charge in [-0.05, 0) is 57.1 Å². The zero-order valence-corrected chi connectivity index (χ0v) is 15.3. The van der Waals surface area contributed by atoms with E-state index in [0.29, 0.717) is 21.3 Å². The molecule has 0 amide bonds. The summed E-state index contributed by atoms with van der Waals surface area (Å²) in [4.78, 5) is 8.75. The molecule has 0 fully saturated rings. The second kappa shape index (κ2) is 5.33. The van der Waals surface area contributed by atoms with Crippen LogP contribution in [-0.2, 0) is 10.0 Å². The Balaban J connectivity index is 2.33. The van der Waals surface area contributed by atoms with E-state index < -0.39 is 10.0 Å². The van der Waals surface area contributed by atoms with Crippen LogP contribution in [0.2, 0.25) is 0 Å². The van der Waals surface area contributed by atoms with Crippen molar-refractivity contribution in [2.45, 2.75) is 11.8 Å². The fourth-order valence-corrected chi connectivity index (χ4v) is 4.69. The molecule has 0 bridgehead atoms. The molecule has 108 valence electrons. The lowest BCUT2D eigenvalue weighted by Gasteiger charge is -2.09. The minimum absolute atomic E-state index is 0.267. The number of nitrogens with zero attached hydrogens (tertiary/aromatic N) is 3. The third-order valence-corrected chi connectivity index (χ3v) is 6.00. The van der Waals surface area contributed by atoms with E-state index in [1.54, 1.807) is 31.3 Å². The van der Waals surface area contributed by atoms with Gasteiger partial charge in [-0.25, -0.2) is 22.4 Å². The first kappa shape index (κ1) is 14.9. The van der Waals surface area contributed by atoms with Crippen LogP contribution in [0.15, 0.2) is 46.2 Å².